The molecule has 1 aromatic carbocycles. The summed E-state index contributed by atoms with van der Waals surface area (Å²) >= 11 is 11.9. The van der Waals surface area contributed by atoms with Crippen LogP contribution in [0.3, 0.4) is 0 Å². The molecule has 1 saturated heterocycles. The van der Waals surface area contributed by atoms with E-state index < -0.39 is 0 Å². The third kappa shape index (κ3) is 4.14. The first-order valence-corrected chi connectivity index (χ1v) is 7.13. The summed E-state index contributed by atoms with van der Waals surface area (Å²) in [5, 5.41) is 4.36. The van der Waals surface area contributed by atoms with Crippen LogP contribution >= 0.6 is 23.2 Å². The monoisotopic (exact) mass is 303 g/mol. The highest BCUT2D eigenvalue weighted by Crippen LogP contribution is 2.31. The van der Waals surface area contributed by atoms with Gasteiger partial charge in [-0.1, -0.05) is 23.2 Å². The molecule has 1 aliphatic rings. The van der Waals surface area contributed by atoms with Gasteiger partial charge in [0, 0.05) is 25.7 Å². The van der Waals surface area contributed by atoms with Gasteiger partial charge >= 0.3 is 0 Å². The third-order valence-corrected chi connectivity index (χ3v) is 3.85. The first-order valence-electron chi connectivity index (χ1n) is 6.37. The lowest BCUT2D eigenvalue weighted by Crippen LogP contribution is -2.42. The number of anilines is 2. The molecule has 106 valence electrons. The highest BCUT2D eigenvalue weighted by molar-refractivity contribution is 6.42. The smallest absolute Gasteiger partial charge is 0.0614 e. The lowest BCUT2D eigenvalue weighted by molar-refractivity contribution is 0.0368. The molecule has 1 heterocycles. The predicted octanol–water partition coefficient (Wildman–Crippen LogP) is 2.71. The summed E-state index contributed by atoms with van der Waals surface area (Å²) in [4.78, 5) is 2.37. The Labute approximate surface area is 123 Å². The van der Waals surface area contributed by atoms with Crippen LogP contribution in [0, 0.1) is 0 Å². The molecular weight excluding hydrogens is 285 g/mol. The van der Waals surface area contributed by atoms with Gasteiger partial charge in [0.15, 0.2) is 0 Å². The van der Waals surface area contributed by atoms with Crippen LogP contribution in [-0.4, -0.2) is 43.8 Å². The van der Waals surface area contributed by atoms with E-state index in [0.717, 1.165) is 38.5 Å². The SMILES string of the molecule is CC(CN1CCOCC1)Nc1cc(Cl)c(Cl)cc1N. The largest absolute Gasteiger partial charge is 0.397 e. The molecule has 1 fully saturated rings. The minimum absolute atomic E-state index is 0.276. The fourth-order valence-corrected chi connectivity index (χ4v) is 2.51. The molecule has 2 rings (SSSR count). The molecule has 0 amide bonds. The van der Waals surface area contributed by atoms with Gasteiger partial charge in [0.25, 0.3) is 0 Å². The molecule has 0 bridgehead atoms. The van der Waals surface area contributed by atoms with Crippen LogP contribution in [-0.2, 0) is 4.74 Å². The zero-order chi connectivity index (χ0) is 13.8. The second-order valence-electron chi connectivity index (χ2n) is 4.81. The number of nitrogens with one attached hydrogen (secondary N) is 1. The van der Waals surface area contributed by atoms with Crippen molar-refractivity contribution in [3.63, 3.8) is 0 Å². The molecule has 1 unspecified atom stereocenters. The first-order chi connectivity index (χ1) is 9.06. The Morgan fingerprint density at radius 1 is 1.32 bits per heavy atom. The van der Waals surface area contributed by atoms with Crippen LogP contribution in [0.15, 0.2) is 12.1 Å². The molecule has 4 nitrogen and oxygen atoms in total. The number of morpholine rings is 1. The highest BCUT2D eigenvalue weighted by Gasteiger charge is 2.14. The summed E-state index contributed by atoms with van der Waals surface area (Å²) in [6.07, 6.45) is 0. The van der Waals surface area contributed by atoms with E-state index in [4.69, 9.17) is 33.7 Å². The standard InChI is InChI=1S/C13H19Cl2N3O/c1-9(8-18-2-4-19-5-3-18)17-13-7-11(15)10(14)6-12(13)16/h6-7,9,17H,2-5,8,16H2,1H3. The molecule has 19 heavy (non-hydrogen) atoms. The lowest BCUT2D eigenvalue weighted by Gasteiger charge is -2.30. The minimum Gasteiger partial charge on any atom is -0.397 e. The van der Waals surface area contributed by atoms with E-state index in [1.54, 1.807) is 12.1 Å². The van der Waals surface area contributed by atoms with E-state index in [1.807, 2.05) is 0 Å². The Morgan fingerprint density at radius 3 is 2.63 bits per heavy atom. The zero-order valence-electron chi connectivity index (χ0n) is 11.0. The summed E-state index contributed by atoms with van der Waals surface area (Å²) in [5.41, 5.74) is 7.38. The van der Waals surface area contributed by atoms with Crippen molar-refractivity contribution < 1.29 is 4.74 Å². The molecule has 1 atom stereocenters. The molecule has 0 aromatic heterocycles. The van der Waals surface area contributed by atoms with Crippen molar-refractivity contribution in [2.75, 3.05) is 43.9 Å². The topological polar surface area (TPSA) is 50.5 Å². The Kier molecular flexibility index (Phi) is 5.16. The van der Waals surface area contributed by atoms with Gasteiger partial charge in [-0.15, -0.1) is 0 Å². The van der Waals surface area contributed by atoms with Gasteiger partial charge in [-0.3, -0.25) is 4.90 Å². The average molecular weight is 304 g/mol. The van der Waals surface area contributed by atoms with Crippen LogP contribution < -0.4 is 11.1 Å². The number of nitrogen functional groups attached to an aromatic ring is 1. The van der Waals surface area contributed by atoms with E-state index in [1.165, 1.54) is 0 Å². The fraction of sp³-hybridized carbons (Fsp3) is 0.538. The summed E-state index contributed by atoms with van der Waals surface area (Å²) in [6.45, 7) is 6.63. The van der Waals surface area contributed by atoms with Gasteiger partial charge in [-0.25, -0.2) is 0 Å². The van der Waals surface area contributed by atoms with Gasteiger partial charge in [0.2, 0.25) is 0 Å². The maximum absolute atomic E-state index is 6.01. The summed E-state index contributed by atoms with van der Waals surface area (Å²) < 4.78 is 5.33. The molecule has 0 aliphatic carbocycles. The average Bonchev–Trinajstić information content (AvgIpc) is 2.37. The Bertz CT molecular complexity index is 436. The minimum atomic E-state index is 0.276. The van der Waals surface area contributed by atoms with Crippen LogP contribution in [0.1, 0.15) is 6.92 Å². The number of halogens is 2. The van der Waals surface area contributed by atoms with Crippen LogP contribution in [0.2, 0.25) is 10.0 Å². The molecular formula is C13H19Cl2N3O. The van der Waals surface area contributed by atoms with Gasteiger partial charge in [-0.05, 0) is 19.1 Å². The number of rotatable bonds is 4. The quantitative estimate of drug-likeness (QED) is 0.840. The van der Waals surface area contributed by atoms with Crippen molar-refractivity contribution in [1.82, 2.24) is 4.90 Å². The van der Waals surface area contributed by atoms with Gasteiger partial charge < -0.3 is 15.8 Å². The molecule has 0 spiro atoms. The predicted molar refractivity (Wildman–Crippen MR) is 81.2 cm³/mol. The molecule has 1 aliphatic heterocycles. The first kappa shape index (κ1) is 14.7. The number of benzene rings is 1. The van der Waals surface area contributed by atoms with Crippen molar-refractivity contribution >= 4 is 34.6 Å². The normalized spacial score (nSPS) is 18.3. The number of ether oxygens (including phenoxy) is 1. The number of hydrogen-bond donors (Lipinski definition) is 2. The summed E-state index contributed by atoms with van der Waals surface area (Å²) in [5.74, 6) is 0. The second-order valence-corrected chi connectivity index (χ2v) is 5.63. The Hall–Kier alpha value is -0.680. The lowest BCUT2D eigenvalue weighted by atomic mass is 10.2. The van der Waals surface area contributed by atoms with Crippen molar-refractivity contribution in [2.24, 2.45) is 0 Å². The van der Waals surface area contributed by atoms with E-state index in [-0.39, 0.29) is 6.04 Å². The van der Waals surface area contributed by atoms with Gasteiger partial charge in [0.05, 0.1) is 34.6 Å². The highest BCUT2D eigenvalue weighted by atomic mass is 35.5. The fourth-order valence-electron chi connectivity index (χ4n) is 2.17. The Morgan fingerprint density at radius 2 is 1.95 bits per heavy atom. The number of hydrogen-bond acceptors (Lipinski definition) is 4. The summed E-state index contributed by atoms with van der Waals surface area (Å²) in [7, 11) is 0. The third-order valence-electron chi connectivity index (χ3n) is 3.13. The van der Waals surface area contributed by atoms with Crippen molar-refractivity contribution in [1.29, 1.82) is 0 Å². The molecule has 1 aromatic rings. The van der Waals surface area contributed by atoms with Crippen molar-refractivity contribution in [3.8, 4) is 0 Å². The van der Waals surface area contributed by atoms with Crippen molar-refractivity contribution in [3.05, 3.63) is 22.2 Å². The van der Waals surface area contributed by atoms with E-state index in [9.17, 15) is 0 Å². The van der Waals surface area contributed by atoms with Gasteiger partial charge in [0.1, 0.15) is 0 Å². The van der Waals surface area contributed by atoms with Crippen LogP contribution in [0.5, 0.6) is 0 Å². The zero-order valence-corrected chi connectivity index (χ0v) is 12.5. The molecule has 3 N–H and O–H groups in total. The van der Waals surface area contributed by atoms with Crippen LogP contribution in [0.4, 0.5) is 11.4 Å². The van der Waals surface area contributed by atoms with Crippen molar-refractivity contribution in [2.45, 2.75) is 13.0 Å². The molecule has 0 radical (unpaired) electrons. The maximum atomic E-state index is 6.01. The van der Waals surface area contributed by atoms with E-state index in [0.29, 0.717) is 15.7 Å². The van der Waals surface area contributed by atoms with Gasteiger partial charge in [-0.2, -0.15) is 0 Å². The number of nitrogens with two attached hydrogens (primary N) is 1. The molecule has 0 saturated carbocycles. The number of nitrogens with zero attached hydrogens (tertiary/aromatic N) is 1. The van der Waals surface area contributed by atoms with E-state index in [2.05, 4.69) is 17.1 Å². The van der Waals surface area contributed by atoms with Crippen LogP contribution in [0.25, 0.3) is 0 Å². The van der Waals surface area contributed by atoms with E-state index >= 15 is 0 Å². The molecule has 6 heteroatoms. The summed E-state index contributed by atoms with van der Waals surface area (Å²) in [6, 6.07) is 3.72. The maximum Gasteiger partial charge on any atom is 0.0614 e. The Balaban J connectivity index is 1.94. The second kappa shape index (κ2) is 6.66.